The quantitative estimate of drug-likeness (QED) is 0.821. The van der Waals surface area contributed by atoms with Crippen molar-refractivity contribution in [2.75, 3.05) is 11.9 Å². The minimum absolute atomic E-state index is 0.216. The summed E-state index contributed by atoms with van der Waals surface area (Å²) < 4.78 is 27.4. The molecule has 0 bridgehead atoms. The molecule has 5 nitrogen and oxygen atoms in total. The predicted octanol–water partition coefficient (Wildman–Crippen LogP) is 2.62. The van der Waals surface area contributed by atoms with E-state index in [0.717, 1.165) is 16.3 Å². The highest BCUT2D eigenvalue weighted by Gasteiger charge is 2.18. The highest BCUT2D eigenvalue weighted by molar-refractivity contribution is 7.89. The Hall–Kier alpha value is -1.44. The van der Waals surface area contributed by atoms with Crippen molar-refractivity contribution in [1.82, 2.24) is 9.71 Å². The summed E-state index contributed by atoms with van der Waals surface area (Å²) in [6, 6.07) is 6.88. The Kier molecular flexibility index (Phi) is 5.33. The van der Waals surface area contributed by atoms with E-state index in [0.29, 0.717) is 12.2 Å². The van der Waals surface area contributed by atoms with Gasteiger partial charge in [-0.05, 0) is 25.5 Å². The second-order valence-corrected chi connectivity index (χ2v) is 7.36. The summed E-state index contributed by atoms with van der Waals surface area (Å²) in [5.41, 5.74) is 0.612. The Labute approximate surface area is 129 Å². The third-order valence-electron chi connectivity index (χ3n) is 2.91. The van der Waals surface area contributed by atoms with Gasteiger partial charge in [-0.1, -0.05) is 19.1 Å². The number of benzene rings is 1. The molecule has 0 amide bonds. The normalized spacial score (nSPS) is 11.5. The third kappa shape index (κ3) is 4.03. The standard InChI is InChI=1S/C14H19N3O2S2/c1-3-11-9-16-14(20-11)10-17-21(18,19)13-8-6-5-7-12(13)15-4-2/h5-9,15,17H,3-4,10H2,1-2H3. The molecule has 2 rings (SSSR count). The van der Waals surface area contributed by atoms with Gasteiger partial charge >= 0.3 is 0 Å². The second-order valence-electron chi connectivity index (χ2n) is 4.42. The van der Waals surface area contributed by atoms with Gasteiger partial charge < -0.3 is 5.32 Å². The molecule has 0 aliphatic carbocycles. The molecular weight excluding hydrogens is 306 g/mol. The van der Waals surface area contributed by atoms with Crippen molar-refractivity contribution in [2.45, 2.75) is 31.7 Å². The highest BCUT2D eigenvalue weighted by atomic mass is 32.2. The van der Waals surface area contributed by atoms with Crippen molar-refractivity contribution in [2.24, 2.45) is 0 Å². The first-order valence-corrected chi connectivity index (χ1v) is 9.13. The van der Waals surface area contributed by atoms with Crippen molar-refractivity contribution >= 4 is 27.0 Å². The van der Waals surface area contributed by atoms with Crippen molar-refractivity contribution in [3.05, 3.63) is 40.3 Å². The molecule has 0 unspecified atom stereocenters. The molecule has 0 fully saturated rings. The summed E-state index contributed by atoms with van der Waals surface area (Å²) >= 11 is 1.53. The van der Waals surface area contributed by atoms with Crippen LogP contribution in [0.25, 0.3) is 0 Å². The molecule has 1 aromatic heterocycles. The van der Waals surface area contributed by atoms with Crippen LogP contribution in [0.4, 0.5) is 5.69 Å². The van der Waals surface area contributed by atoms with Crippen LogP contribution in [-0.4, -0.2) is 19.9 Å². The number of sulfonamides is 1. The van der Waals surface area contributed by atoms with Gasteiger partial charge in [0.05, 0.1) is 12.2 Å². The lowest BCUT2D eigenvalue weighted by atomic mass is 10.3. The summed E-state index contributed by atoms with van der Waals surface area (Å²) in [7, 11) is -3.55. The first kappa shape index (κ1) is 15.9. The molecule has 114 valence electrons. The Morgan fingerprint density at radius 1 is 1.24 bits per heavy atom. The van der Waals surface area contributed by atoms with Gasteiger partial charge in [-0.15, -0.1) is 11.3 Å². The largest absolute Gasteiger partial charge is 0.384 e. The van der Waals surface area contributed by atoms with Crippen LogP contribution < -0.4 is 10.0 Å². The number of thiazole rings is 1. The van der Waals surface area contributed by atoms with Crippen molar-refractivity contribution in [1.29, 1.82) is 0 Å². The third-order valence-corrected chi connectivity index (χ3v) is 5.51. The number of aromatic nitrogens is 1. The van der Waals surface area contributed by atoms with Crippen LogP contribution in [0.5, 0.6) is 0 Å². The molecule has 1 heterocycles. The van der Waals surface area contributed by atoms with E-state index in [1.165, 1.54) is 11.3 Å². The van der Waals surface area contributed by atoms with E-state index in [1.807, 2.05) is 19.9 Å². The zero-order valence-corrected chi connectivity index (χ0v) is 13.7. The molecule has 7 heteroatoms. The van der Waals surface area contributed by atoms with Crippen LogP contribution in [0, 0.1) is 0 Å². The van der Waals surface area contributed by atoms with Crippen molar-refractivity contribution < 1.29 is 8.42 Å². The zero-order valence-electron chi connectivity index (χ0n) is 12.1. The average Bonchev–Trinajstić information content (AvgIpc) is 2.94. The van der Waals surface area contributed by atoms with E-state index in [-0.39, 0.29) is 11.4 Å². The fourth-order valence-electron chi connectivity index (χ4n) is 1.87. The Morgan fingerprint density at radius 3 is 2.67 bits per heavy atom. The topological polar surface area (TPSA) is 71.1 Å². The zero-order chi connectivity index (χ0) is 15.3. The number of nitrogens with zero attached hydrogens (tertiary/aromatic N) is 1. The van der Waals surface area contributed by atoms with Gasteiger partial charge in [0, 0.05) is 17.6 Å². The Morgan fingerprint density at radius 2 is 2.00 bits per heavy atom. The van der Waals surface area contributed by atoms with E-state index in [4.69, 9.17) is 0 Å². The van der Waals surface area contributed by atoms with E-state index < -0.39 is 10.0 Å². The van der Waals surface area contributed by atoms with Crippen LogP contribution in [-0.2, 0) is 23.0 Å². The minimum atomic E-state index is -3.55. The first-order valence-electron chi connectivity index (χ1n) is 6.83. The fraction of sp³-hybridized carbons (Fsp3) is 0.357. The first-order chi connectivity index (χ1) is 10.1. The maximum atomic E-state index is 12.4. The molecule has 0 saturated heterocycles. The Bertz CT molecular complexity index is 696. The number of para-hydroxylation sites is 1. The number of nitrogens with one attached hydrogen (secondary N) is 2. The van der Waals surface area contributed by atoms with Gasteiger partial charge in [0.2, 0.25) is 10.0 Å². The van der Waals surface area contributed by atoms with Gasteiger partial charge in [-0.3, -0.25) is 0 Å². The summed E-state index contributed by atoms with van der Waals surface area (Å²) in [6.07, 6.45) is 2.70. The molecule has 21 heavy (non-hydrogen) atoms. The second kappa shape index (κ2) is 7.02. The molecule has 0 aliphatic heterocycles. The molecule has 0 saturated carbocycles. The van der Waals surface area contributed by atoms with Gasteiger partial charge in [0.25, 0.3) is 0 Å². The van der Waals surface area contributed by atoms with Crippen LogP contribution in [0.3, 0.4) is 0 Å². The molecule has 0 atom stereocenters. The number of hydrogen-bond donors (Lipinski definition) is 2. The van der Waals surface area contributed by atoms with E-state index in [2.05, 4.69) is 15.0 Å². The fourth-order valence-corrected chi connectivity index (χ4v) is 3.93. The van der Waals surface area contributed by atoms with Gasteiger partial charge in [0.15, 0.2) is 0 Å². The van der Waals surface area contributed by atoms with E-state index in [9.17, 15) is 8.42 Å². The molecule has 0 spiro atoms. The molecule has 1 aromatic carbocycles. The summed E-state index contributed by atoms with van der Waals surface area (Å²) in [5, 5.41) is 3.84. The number of hydrogen-bond acceptors (Lipinski definition) is 5. The number of rotatable bonds is 7. The van der Waals surface area contributed by atoms with Gasteiger partial charge in [-0.2, -0.15) is 0 Å². The molecule has 0 aliphatic rings. The van der Waals surface area contributed by atoms with Crippen LogP contribution in [0.1, 0.15) is 23.7 Å². The lowest BCUT2D eigenvalue weighted by Crippen LogP contribution is -2.24. The predicted molar refractivity (Wildman–Crippen MR) is 86.1 cm³/mol. The molecule has 2 N–H and O–H groups in total. The SMILES string of the molecule is CCNc1ccccc1S(=O)(=O)NCc1ncc(CC)s1. The molecule has 2 aromatic rings. The summed E-state index contributed by atoms with van der Waals surface area (Å²) in [6.45, 7) is 4.86. The lowest BCUT2D eigenvalue weighted by Gasteiger charge is -2.11. The number of aryl methyl sites for hydroxylation is 1. The molecular formula is C14H19N3O2S2. The minimum Gasteiger partial charge on any atom is -0.384 e. The summed E-state index contributed by atoms with van der Waals surface area (Å²) in [5.74, 6) is 0. The number of anilines is 1. The van der Waals surface area contributed by atoms with Crippen LogP contribution in [0.15, 0.2) is 35.4 Å². The van der Waals surface area contributed by atoms with Crippen molar-refractivity contribution in [3.8, 4) is 0 Å². The summed E-state index contributed by atoms with van der Waals surface area (Å²) in [4.78, 5) is 5.63. The maximum Gasteiger partial charge on any atom is 0.243 e. The van der Waals surface area contributed by atoms with Crippen LogP contribution >= 0.6 is 11.3 Å². The highest BCUT2D eigenvalue weighted by Crippen LogP contribution is 2.21. The van der Waals surface area contributed by atoms with E-state index in [1.54, 1.807) is 24.4 Å². The van der Waals surface area contributed by atoms with E-state index >= 15 is 0 Å². The van der Waals surface area contributed by atoms with Gasteiger partial charge in [-0.25, -0.2) is 18.1 Å². The maximum absolute atomic E-state index is 12.4. The Balaban J connectivity index is 2.14. The van der Waals surface area contributed by atoms with Gasteiger partial charge in [0.1, 0.15) is 9.90 Å². The average molecular weight is 325 g/mol. The molecule has 0 radical (unpaired) electrons. The smallest absolute Gasteiger partial charge is 0.243 e. The van der Waals surface area contributed by atoms with Crippen LogP contribution in [0.2, 0.25) is 0 Å². The monoisotopic (exact) mass is 325 g/mol. The van der Waals surface area contributed by atoms with Crippen molar-refractivity contribution in [3.63, 3.8) is 0 Å². The lowest BCUT2D eigenvalue weighted by molar-refractivity contribution is 0.581.